The average Bonchev–Trinajstić information content (AvgIpc) is 0. The summed E-state index contributed by atoms with van der Waals surface area (Å²) in [5.74, 6) is 0. The molecule has 0 heterocycles. The van der Waals surface area contributed by atoms with Crippen molar-refractivity contribution in [3.63, 3.8) is 0 Å². The van der Waals surface area contributed by atoms with Crippen LogP contribution in [0.5, 0.6) is 0 Å². The number of rotatable bonds is 0. The Kier molecular flexibility index (Phi) is 208. The van der Waals surface area contributed by atoms with E-state index in [9.17, 15) is 0 Å². The van der Waals surface area contributed by atoms with Crippen LogP contribution < -0.4 is 0 Å². The second kappa shape index (κ2) is 20.9. The molecule has 0 aliphatic carbocycles. The molecule has 0 rings (SSSR count). The van der Waals surface area contributed by atoms with Gasteiger partial charge in [-0.25, -0.2) is 0 Å². The molecule has 0 fully saturated rings. The first kappa shape index (κ1) is 39.8. The van der Waals surface area contributed by atoms with Gasteiger partial charge in [-0.3, -0.25) is 0 Å². The van der Waals surface area contributed by atoms with Gasteiger partial charge in [0.05, 0.1) is 0 Å². The molecule has 1 radical (unpaired) electrons. The molecule has 1 nitrogen and oxygen atoms in total. The molecule has 4 heteroatoms. The fourth-order valence-corrected chi connectivity index (χ4v) is 0. The van der Waals surface area contributed by atoms with Gasteiger partial charge in [-0.1, -0.05) is 0 Å². The first-order valence-corrected chi connectivity index (χ1v) is 0. The molecule has 0 aliphatic heterocycles. The molecule has 0 aromatic carbocycles. The largest absolute Gasteiger partial charge is 2.00 e. The summed E-state index contributed by atoms with van der Waals surface area (Å²) in [6.07, 6.45) is 0. The van der Waals surface area contributed by atoms with E-state index >= 15 is 0 Å². The summed E-state index contributed by atoms with van der Waals surface area (Å²) in [6, 6.07) is 0. The van der Waals surface area contributed by atoms with Crippen molar-refractivity contribution in [2.24, 2.45) is 0 Å². The van der Waals surface area contributed by atoms with Crippen LogP contribution in [0.2, 0.25) is 0 Å². The normalized spacial score (nSPS) is 0. The second-order valence-corrected chi connectivity index (χ2v) is 0. The minimum Gasteiger partial charge on any atom is -2.00 e. The topological polar surface area (TPSA) is 28.5 Å². The molecular weight excluding hydrogens is 161 g/mol. The van der Waals surface area contributed by atoms with Gasteiger partial charge in [-0.05, 0) is 0 Å². The molecular formula is H2MgMnOZn. The van der Waals surface area contributed by atoms with Gasteiger partial charge in [0.2, 0.25) is 0 Å². The smallest absolute Gasteiger partial charge is 2.00 e. The molecule has 0 spiro atoms. The summed E-state index contributed by atoms with van der Waals surface area (Å²) in [5, 5.41) is 0. The number of hydrogen-bond donors (Lipinski definition) is 0. The monoisotopic (exact) mass is 161 g/mol. The van der Waals surface area contributed by atoms with Crippen molar-refractivity contribution >= 4 is 23.1 Å². The minimum absolute atomic E-state index is 0. The van der Waals surface area contributed by atoms with Crippen molar-refractivity contribution in [3.8, 4) is 0 Å². The first-order valence-electron chi connectivity index (χ1n) is 0. The van der Waals surface area contributed by atoms with E-state index < -0.39 is 0 Å². The van der Waals surface area contributed by atoms with Gasteiger partial charge in [-0.15, -0.1) is 0 Å². The maximum Gasteiger partial charge on any atom is 2.00 e. The standard InChI is InChI=1S/Mg.Mn.O.Zn.2H/q2*+2;-2;;2*-1. The first-order chi connectivity index (χ1) is 0. The van der Waals surface area contributed by atoms with Gasteiger partial charge in [0.15, 0.2) is 0 Å². The van der Waals surface area contributed by atoms with Crippen LogP contribution in [0.1, 0.15) is 2.85 Å². The van der Waals surface area contributed by atoms with Gasteiger partial charge in [0.1, 0.15) is 0 Å². The molecule has 0 amide bonds. The van der Waals surface area contributed by atoms with Crippen LogP contribution in [-0.4, -0.2) is 23.1 Å². The third kappa shape index (κ3) is 9.12. The van der Waals surface area contributed by atoms with Gasteiger partial charge < -0.3 is 8.33 Å². The van der Waals surface area contributed by atoms with Crippen LogP contribution in [0.15, 0.2) is 0 Å². The van der Waals surface area contributed by atoms with Crippen LogP contribution in [0, 0.1) is 0 Å². The van der Waals surface area contributed by atoms with Gasteiger partial charge in [0.25, 0.3) is 0 Å². The molecule has 0 aliphatic rings. The van der Waals surface area contributed by atoms with Crippen LogP contribution in [0.25, 0.3) is 0 Å². The minimum atomic E-state index is 0. The number of hydrogen-bond acceptors (Lipinski definition) is 0. The SMILES string of the molecule is [H-].[H-].[Mg+2].[Mn+2].[O-2].[Zn]. The predicted octanol–water partition coefficient (Wildman–Crippen LogP) is -0.280. The third-order valence-electron chi connectivity index (χ3n) is 0. The van der Waals surface area contributed by atoms with E-state index in [-0.39, 0.29) is 67.9 Å². The molecule has 0 aromatic rings. The maximum absolute atomic E-state index is 0. The summed E-state index contributed by atoms with van der Waals surface area (Å²) in [7, 11) is 0. The zero-order chi connectivity index (χ0) is 0. The molecule has 0 unspecified atom stereocenters. The molecule has 0 N–H and O–H groups in total. The van der Waals surface area contributed by atoms with Crippen molar-refractivity contribution in [2.75, 3.05) is 0 Å². The molecule has 0 bridgehead atoms. The molecule has 0 aromatic heterocycles. The summed E-state index contributed by atoms with van der Waals surface area (Å²) in [6.45, 7) is 0. The van der Waals surface area contributed by atoms with Crippen molar-refractivity contribution in [2.45, 2.75) is 0 Å². The van der Waals surface area contributed by atoms with E-state index in [1.165, 1.54) is 0 Å². The average molecular weight is 163 g/mol. The molecule has 0 saturated heterocycles. The third-order valence-corrected chi connectivity index (χ3v) is 0. The molecule has 0 atom stereocenters. The van der Waals surface area contributed by atoms with E-state index in [1.807, 2.05) is 0 Å². The predicted molar refractivity (Wildman–Crippen MR) is 8.66 cm³/mol. The van der Waals surface area contributed by atoms with Crippen molar-refractivity contribution < 1.29 is 44.9 Å². The molecule has 19 valence electrons. The summed E-state index contributed by atoms with van der Waals surface area (Å²) in [4.78, 5) is 0. The van der Waals surface area contributed by atoms with Crippen LogP contribution in [0.4, 0.5) is 0 Å². The maximum atomic E-state index is 0. The zero-order valence-corrected chi connectivity index (χ0v) is 7.76. The Morgan fingerprint density at radius 2 is 1.25 bits per heavy atom. The Morgan fingerprint density at radius 3 is 1.25 bits per heavy atom. The Hall–Kier alpha value is 1.87. The van der Waals surface area contributed by atoms with Gasteiger partial charge in [-0.2, -0.15) is 0 Å². The second-order valence-electron chi connectivity index (χ2n) is 0. The van der Waals surface area contributed by atoms with Crippen molar-refractivity contribution in [1.82, 2.24) is 0 Å². The van der Waals surface area contributed by atoms with Crippen LogP contribution in [-0.2, 0) is 42.0 Å². The molecule has 0 saturated carbocycles. The van der Waals surface area contributed by atoms with Crippen molar-refractivity contribution in [3.05, 3.63) is 0 Å². The van der Waals surface area contributed by atoms with Gasteiger partial charge >= 0.3 is 40.1 Å². The summed E-state index contributed by atoms with van der Waals surface area (Å²) < 4.78 is 0. The fourth-order valence-electron chi connectivity index (χ4n) is 0. The van der Waals surface area contributed by atoms with Gasteiger partial charge in [0, 0.05) is 19.5 Å². The van der Waals surface area contributed by atoms with E-state index in [1.54, 1.807) is 0 Å². The van der Waals surface area contributed by atoms with Crippen LogP contribution in [0.3, 0.4) is 0 Å². The van der Waals surface area contributed by atoms with E-state index in [2.05, 4.69) is 0 Å². The Labute approximate surface area is 67.6 Å². The fraction of sp³-hybridized carbons (Fsp3) is 0. The Bertz CT molecular complexity index is 13.5. The van der Waals surface area contributed by atoms with Crippen LogP contribution >= 0.6 is 0 Å². The Balaban J connectivity index is 0. The summed E-state index contributed by atoms with van der Waals surface area (Å²) >= 11 is 0. The molecule has 4 heavy (non-hydrogen) atoms. The summed E-state index contributed by atoms with van der Waals surface area (Å²) in [5.41, 5.74) is 0. The zero-order valence-electron chi connectivity index (χ0n) is 4.20. The quantitative estimate of drug-likeness (QED) is 0.439. The van der Waals surface area contributed by atoms with E-state index in [0.717, 1.165) is 0 Å². The van der Waals surface area contributed by atoms with E-state index in [0.29, 0.717) is 0 Å². The van der Waals surface area contributed by atoms with Crippen molar-refractivity contribution in [1.29, 1.82) is 0 Å². The van der Waals surface area contributed by atoms with E-state index in [4.69, 9.17) is 0 Å². The Morgan fingerprint density at radius 1 is 1.25 bits per heavy atom.